The zero-order valence-corrected chi connectivity index (χ0v) is 29.7. The number of halogens is 12. The second-order valence-electron chi connectivity index (χ2n) is 13.9. The SMILES string of the molecule is Cc1ccc2c(c1)c1cc(C)ccc1n2-c1cc(C#N)c(-n2c3ccc(C(F)(F)F)cc3c3cc(C(F)(F)F)ccc32)cc1-c1ccc(C(F)(F)F)cc1C(F)(F)F. The van der Waals surface area contributed by atoms with Crippen LogP contribution in [0.4, 0.5) is 52.7 Å². The van der Waals surface area contributed by atoms with Crippen LogP contribution in [0.1, 0.15) is 38.9 Å². The number of fused-ring (bicyclic) bond motifs is 6. The largest absolute Gasteiger partial charge is 0.417 e. The highest BCUT2D eigenvalue weighted by Crippen LogP contribution is 2.47. The topological polar surface area (TPSA) is 33.6 Å². The maximum atomic E-state index is 15.0. The minimum Gasteiger partial charge on any atom is -0.309 e. The first-order valence-corrected chi connectivity index (χ1v) is 17.2. The summed E-state index contributed by atoms with van der Waals surface area (Å²) in [5, 5.41) is 11.4. The Balaban J connectivity index is 1.56. The lowest BCUT2D eigenvalue weighted by Crippen LogP contribution is -2.13. The summed E-state index contributed by atoms with van der Waals surface area (Å²) in [6.07, 6.45) is -20.4. The first-order chi connectivity index (χ1) is 27.1. The normalized spacial score (nSPS) is 13.0. The summed E-state index contributed by atoms with van der Waals surface area (Å²) in [6.45, 7) is 3.65. The number of nitrogens with zero attached hydrogens (tertiary/aromatic N) is 3. The van der Waals surface area contributed by atoms with Gasteiger partial charge in [0.2, 0.25) is 0 Å². The van der Waals surface area contributed by atoms with Crippen LogP contribution in [-0.4, -0.2) is 9.13 Å². The summed E-state index contributed by atoms with van der Waals surface area (Å²) in [6, 6.07) is 20.5. The van der Waals surface area contributed by atoms with E-state index in [0.29, 0.717) is 58.2 Å². The van der Waals surface area contributed by atoms with Gasteiger partial charge in [-0.2, -0.15) is 57.9 Å². The van der Waals surface area contributed by atoms with Crippen molar-refractivity contribution < 1.29 is 52.7 Å². The third-order valence-corrected chi connectivity index (χ3v) is 10.2. The lowest BCUT2D eigenvalue weighted by molar-refractivity contribution is -0.143. The Hall–Kier alpha value is -6.43. The molecule has 8 aromatic rings. The lowest BCUT2D eigenvalue weighted by atomic mass is 9.93. The molecule has 0 amide bonds. The second-order valence-corrected chi connectivity index (χ2v) is 13.9. The van der Waals surface area contributed by atoms with Crippen molar-refractivity contribution in [2.24, 2.45) is 0 Å². The van der Waals surface area contributed by atoms with E-state index in [4.69, 9.17) is 0 Å². The van der Waals surface area contributed by atoms with E-state index in [-0.39, 0.29) is 50.4 Å². The molecule has 8 rings (SSSR count). The fourth-order valence-electron chi connectivity index (χ4n) is 7.59. The molecule has 0 radical (unpaired) electrons. The molecule has 15 heteroatoms. The van der Waals surface area contributed by atoms with Crippen molar-refractivity contribution in [3.05, 3.63) is 142 Å². The molecule has 0 aliphatic heterocycles. The minimum absolute atomic E-state index is 0.0344. The predicted octanol–water partition coefficient (Wildman–Crippen LogP) is 14.1. The van der Waals surface area contributed by atoms with E-state index in [9.17, 15) is 57.9 Å². The Labute approximate surface area is 319 Å². The van der Waals surface area contributed by atoms with Crippen LogP contribution < -0.4 is 0 Å². The van der Waals surface area contributed by atoms with Crippen LogP contribution >= 0.6 is 0 Å². The van der Waals surface area contributed by atoms with Crippen LogP contribution in [-0.2, 0) is 24.7 Å². The summed E-state index contributed by atoms with van der Waals surface area (Å²) in [7, 11) is 0. The van der Waals surface area contributed by atoms with Gasteiger partial charge in [0.15, 0.2) is 0 Å². The van der Waals surface area contributed by atoms with Gasteiger partial charge in [-0.05, 0) is 104 Å². The quantitative estimate of drug-likeness (QED) is 0.164. The van der Waals surface area contributed by atoms with Gasteiger partial charge < -0.3 is 9.13 Å². The molecule has 0 unspecified atom stereocenters. The molecule has 0 N–H and O–H groups in total. The Morgan fingerprint density at radius 2 is 0.810 bits per heavy atom. The molecular weight excluding hydrogens is 786 g/mol. The predicted molar refractivity (Wildman–Crippen MR) is 195 cm³/mol. The van der Waals surface area contributed by atoms with Crippen molar-refractivity contribution in [2.45, 2.75) is 38.6 Å². The summed E-state index contributed by atoms with van der Waals surface area (Å²) in [4.78, 5) is 0. The van der Waals surface area contributed by atoms with Gasteiger partial charge in [-0.25, -0.2) is 0 Å². The lowest BCUT2D eigenvalue weighted by Gasteiger charge is -2.22. The van der Waals surface area contributed by atoms with Crippen LogP contribution in [0.15, 0.2) is 103 Å². The van der Waals surface area contributed by atoms with Crippen LogP contribution in [0, 0.1) is 25.2 Å². The van der Waals surface area contributed by atoms with E-state index in [0.717, 1.165) is 33.9 Å². The molecule has 0 saturated heterocycles. The van der Waals surface area contributed by atoms with Crippen LogP contribution in [0.5, 0.6) is 0 Å². The van der Waals surface area contributed by atoms with Gasteiger partial charge >= 0.3 is 24.7 Å². The van der Waals surface area contributed by atoms with E-state index in [1.54, 1.807) is 28.8 Å². The van der Waals surface area contributed by atoms with E-state index in [1.807, 2.05) is 32.0 Å². The van der Waals surface area contributed by atoms with E-state index >= 15 is 0 Å². The number of alkyl halides is 12. The monoisotopic (exact) mass is 809 g/mol. The summed E-state index contributed by atoms with van der Waals surface area (Å²) in [5.74, 6) is 0. The summed E-state index contributed by atoms with van der Waals surface area (Å²) in [5.41, 5.74) is -5.06. The van der Waals surface area contributed by atoms with Crippen molar-refractivity contribution >= 4 is 43.6 Å². The molecular formula is C43H23F12N3. The van der Waals surface area contributed by atoms with Gasteiger partial charge in [0.05, 0.1) is 61.3 Å². The zero-order valence-electron chi connectivity index (χ0n) is 29.7. The molecule has 0 aliphatic rings. The highest BCUT2D eigenvalue weighted by atomic mass is 19.4. The van der Waals surface area contributed by atoms with Crippen molar-refractivity contribution in [3.8, 4) is 28.6 Å². The van der Waals surface area contributed by atoms with Gasteiger partial charge in [0.25, 0.3) is 0 Å². The van der Waals surface area contributed by atoms with Crippen molar-refractivity contribution in [3.63, 3.8) is 0 Å². The number of nitriles is 1. The number of hydrogen-bond acceptors (Lipinski definition) is 1. The van der Waals surface area contributed by atoms with Crippen LogP contribution in [0.2, 0.25) is 0 Å². The minimum atomic E-state index is -5.37. The molecule has 294 valence electrons. The van der Waals surface area contributed by atoms with Crippen molar-refractivity contribution in [2.75, 3.05) is 0 Å². The summed E-state index contributed by atoms with van der Waals surface area (Å²) >= 11 is 0. The standard InChI is InChI=1S/C43H23F12N3/c1-21-3-9-34-28(13-21)29-14-22(2)4-10-35(29)58(34)39-15-23(20-56)38(19-32(39)27-8-5-26(42(50,51)52)18-33(27)43(53,54)55)57-36-11-6-24(40(44,45)46)16-30(36)31-17-25(41(47,48)49)7-12-37(31)57/h3-19H,1-2H3. The molecule has 0 saturated carbocycles. The van der Waals surface area contributed by atoms with Gasteiger partial charge in [-0.3, -0.25) is 0 Å². The molecule has 58 heavy (non-hydrogen) atoms. The number of hydrogen-bond donors (Lipinski definition) is 0. The highest BCUT2D eigenvalue weighted by molar-refractivity contribution is 6.12. The van der Waals surface area contributed by atoms with Crippen molar-refractivity contribution in [1.29, 1.82) is 5.26 Å². The molecule has 0 atom stereocenters. The average molecular weight is 810 g/mol. The second kappa shape index (κ2) is 12.8. The maximum Gasteiger partial charge on any atom is 0.417 e. The zero-order chi connectivity index (χ0) is 41.9. The molecule has 0 aliphatic carbocycles. The fourth-order valence-corrected chi connectivity index (χ4v) is 7.59. The van der Waals surface area contributed by atoms with Gasteiger partial charge in [-0.1, -0.05) is 29.3 Å². The molecule has 2 heterocycles. The Morgan fingerprint density at radius 1 is 0.414 bits per heavy atom. The Morgan fingerprint density at radius 3 is 1.24 bits per heavy atom. The number of aromatic nitrogens is 2. The third-order valence-electron chi connectivity index (χ3n) is 10.2. The van der Waals surface area contributed by atoms with E-state index in [2.05, 4.69) is 0 Å². The molecule has 0 bridgehead atoms. The van der Waals surface area contributed by atoms with E-state index in [1.165, 1.54) is 6.07 Å². The van der Waals surface area contributed by atoms with Gasteiger partial charge in [-0.15, -0.1) is 0 Å². The van der Waals surface area contributed by atoms with Crippen molar-refractivity contribution in [1.82, 2.24) is 9.13 Å². The molecule has 6 aromatic carbocycles. The number of benzene rings is 6. The molecule has 3 nitrogen and oxygen atoms in total. The fraction of sp³-hybridized carbons (Fsp3) is 0.140. The molecule has 0 spiro atoms. The van der Waals surface area contributed by atoms with Gasteiger partial charge in [0, 0.05) is 27.1 Å². The number of aryl methyl sites for hydroxylation is 2. The summed E-state index contributed by atoms with van der Waals surface area (Å²) < 4.78 is 173. The first-order valence-electron chi connectivity index (χ1n) is 17.2. The smallest absolute Gasteiger partial charge is 0.309 e. The third kappa shape index (κ3) is 6.27. The van der Waals surface area contributed by atoms with E-state index < -0.39 is 52.5 Å². The maximum absolute atomic E-state index is 15.0. The number of rotatable bonds is 3. The average Bonchev–Trinajstić information content (AvgIpc) is 3.63. The molecule has 2 aromatic heterocycles. The first kappa shape index (κ1) is 38.4. The van der Waals surface area contributed by atoms with Crippen LogP contribution in [0.25, 0.3) is 66.1 Å². The molecule has 0 fully saturated rings. The Bertz CT molecular complexity index is 2910. The van der Waals surface area contributed by atoms with Gasteiger partial charge in [0.1, 0.15) is 6.07 Å². The highest BCUT2D eigenvalue weighted by Gasteiger charge is 2.40. The van der Waals surface area contributed by atoms with Crippen LogP contribution in [0.3, 0.4) is 0 Å². The Kier molecular flexibility index (Phi) is 8.48.